The smallest absolute Gasteiger partial charge is 0.207 e. The van der Waals surface area contributed by atoms with Crippen molar-refractivity contribution in [3.8, 4) is 6.07 Å². The molecule has 2 aliphatic carbocycles. The maximum absolute atomic E-state index is 13.0. The zero-order valence-electron chi connectivity index (χ0n) is 11.3. The number of sulfonamides is 1. The van der Waals surface area contributed by atoms with Gasteiger partial charge in [-0.15, -0.1) is 0 Å². The molecule has 2 fully saturated rings. The van der Waals surface area contributed by atoms with Crippen molar-refractivity contribution in [1.29, 1.82) is 5.26 Å². The lowest BCUT2D eigenvalue weighted by atomic mass is 10.2. The van der Waals surface area contributed by atoms with Crippen LogP contribution in [0.15, 0.2) is 29.2 Å². The van der Waals surface area contributed by atoms with E-state index in [1.54, 1.807) is 28.6 Å². The van der Waals surface area contributed by atoms with Crippen molar-refractivity contribution in [2.24, 2.45) is 0 Å². The van der Waals surface area contributed by atoms with Gasteiger partial charge in [-0.05, 0) is 37.8 Å². The molecular weight excluding hydrogens is 272 g/mol. The Morgan fingerprint density at radius 2 is 1.65 bits per heavy atom. The standard InChI is InChI=1S/C15H18N2O2S/c16-11-12-5-1-4-8-15(12)20(18,19)17(14-9-10-14)13-6-2-3-7-13/h1,4-5,8,13-14H,2-3,6-7,9-10H2. The summed E-state index contributed by atoms with van der Waals surface area (Å²) < 4.78 is 27.6. The van der Waals surface area contributed by atoms with Gasteiger partial charge in [0.1, 0.15) is 6.07 Å². The van der Waals surface area contributed by atoms with Gasteiger partial charge in [-0.3, -0.25) is 0 Å². The van der Waals surface area contributed by atoms with Gasteiger partial charge >= 0.3 is 0 Å². The van der Waals surface area contributed by atoms with Crippen molar-refractivity contribution in [3.63, 3.8) is 0 Å². The van der Waals surface area contributed by atoms with Gasteiger partial charge < -0.3 is 0 Å². The Labute approximate surface area is 120 Å². The normalized spacial score (nSPS) is 20.2. The number of nitrogens with zero attached hydrogens (tertiary/aromatic N) is 2. The summed E-state index contributed by atoms with van der Waals surface area (Å²) in [6.45, 7) is 0. The predicted molar refractivity (Wildman–Crippen MR) is 75.5 cm³/mol. The lowest BCUT2D eigenvalue weighted by Crippen LogP contribution is -2.40. The minimum absolute atomic E-state index is 0.124. The van der Waals surface area contributed by atoms with E-state index in [9.17, 15) is 8.42 Å². The molecule has 0 atom stereocenters. The van der Waals surface area contributed by atoms with Crippen LogP contribution in [0.5, 0.6) is 0 Å². The lowest BCUT2D eigenvalue weighted by Gasteiger charge is -2.28. The first-order valence-corrected chi connectivity index (χ1v) is 8.61. The van der Waals surface area contributed by atoms with Crippen molar-refractivity contribution in [2.45, 2.75) is 55.5 Å². The monoisotopic (exact) mass is 290 g/mol. The van der Waals surface area contributed by atoms with E-state index < -0.39 is 10.0 Å². The third kappa shape index (κ3) is 2.34. The quantitative estimate of drug-likeness (QED) is 0.856. The average Bonchev–Trinajstić information content (AvgIpc) is 3.13. The summed E-state index contributed by atoms with van der Waals surface area (Å²) in [5, 5.41) is 9.15. The molecule has 0 saturated heterocycles. The number of hydrogen-bond donors (Lipinski definition) is 0. The minimum Gasteiger partial charge on any atom is -0.207 e. The highest BCUT2D eigenvalue weighted by molar-refractivity contribution is 7.89. The Morgan fingerprint density at radius 3 is 2.25 bits per heavy atom. The molecule has 3 rings (SSSR count). The molecule has 20 heavy (non-hydrogen) atoms. The van der Waals surface area contributed by atoms with Crippen LogP contribution in [0.1, 0.15) is 44.1 Å². The van der Waals surface area contributed by atoms with E-state index in [1.165, 1.54) is 0 Å². The van der Waals surface area contributed by atoms with E-state index >= 15 is 0 Å². The van der Waals surface area contributed by atoms with Crippen LogP contribution in [0.2, 0.25) is 0 Å². The van der Waals surface area contributed by atoms with E-state index in [0.29, 0.717) is 0 Å². The van der Waals surface area contributed by atoms with Gasteiger partial charge in [0.05, 0.1) is 10.5 Å². The van der Waals surface area contributed by atoms with Gasteiger partial charge in [0.25, 0.3) is 0 Å². The zero-order chi connectivity index (χ0) is 14.2. The second-order valence-electron chi connectivity index (χ2n) is 5.61. The van der Waals surface area contributed by atoms with Crippen LogP contribution in [-0.4, -0.2) is 24.8 Å². The highest BCUT2D eigenvalue weighted by Crippen LogP contribution is 2.39. The predicted octanol–water partition coefficient (Wildman–Crippen LogP) is 2.65. The topological polar surface area (TPSA) is 61.2 Å². The summed E-state index contributed by atoms with van der Waals surface area (Å²) in [5.74, 6) is 0. The number of hydrogen-bond acceptors (Lipinski definition) is 3. The number of benzene rings is 1. The van der Waals surface area contributed by atoms with Crippen molar-refractivity contribution in [2.75, 3.05) is 0 Å². The molecule has 0 N–H and O–H groups in total. The molecule has 106 valence electrons. The summed E-state index contributed by atoms with van der Waals surface area (Å²) in [5.41, 5.74) is 0.246. The molecular formula is C15H18N2O2S. The second-order valence-corrected chi connectivity index (χ2v) is 7.42. The van der Waals surface area contributed by atoms with Crippen molar-refractivity contribution < 1.29 is 8.42 Å². The van der Waals surface area contributed by atoms with Crippen LogP contribution in [0.3, 0.4) is 0 Å². The van der Waals surface area contributed by atoms with Crippen molar-refractivity contribution in [1.82, 2.24) is 4.31 Å². The van der Waals surface area contributed by atoms with Crippen LogP contribution >= 0.6 is 0 Å². The third-order valence-corrected chi connectivity index (χ3v) is 6.22. The fourth-order valence-electron chi connectivity index (χ4n) is 3.08. The second kappa shape index (κ2) is 5.19. The van der Waals surface area contributed by atoms with Gasteiger partial charge in [0, 0.05) is 12.1 Å². The molecule has 0 aromatic heterocycles. The SMILES string of the molecule is N#Cc1ccccc1S(=O)(=O)N(C1CCCC1)C1CC1. The first-order chi connectivity index (χ1) is 9.64. The zero-order valence-corrected chi connectivity index (χ0v) is 12.1. The fourth-order valence-corrected chi connectivity index (χ4v) is 5.15. The van der Waals surface area contributed by atoms with E-state index in [-0.39, 0.29) is 22.5 Å². The van der Waals surface area contributed by atoms with Crippen LogP contribution in [0, 0.1) is 11.3 Å². The third-order valence-electron chi connectivity index (χ3n) is 4.15. The van der Waals surface area contributed by atoms with Crippen LogP contribution in [-0.2, 0) is 10.0 Å². The van der Waals surface area contributed by atoms with E-state index in [2.05, 4.69) is 0 Å². The maximum Gasteiger partial charge on any atom is 0.244 e. The molecule has 0 radical (unpaired) electrons. The highest BCUT2D eigenvalue weighted by atomic mass is 32.2. The van der Waals surface area contributed by atoms with Crippen LogP contribution in [0.4, 0.5) is 0 Å². The fraction of sp³-hybridized carbons (Fsp3) is 0.533. The lowest BCUT2D eigenvalue weighted by molar-refractivity contribution is 0.314. The molecule has 0 bridgehead atoms. The van der Waals surface area contributed by atoms with Gasteiger partial charge in [-0.1, -0.05) is 25.0 Å². The van der Waals surface area contributed by atoms with Gasteiger partial charge in [-0.25, -0.2) is 8.42 Å². The maximum atomic E-state index is 13.0. The molecule has 0 heterocycles. The molecule has 0 aliphatic heterocycles. The Kier molecular flexibility index (Phi) is 3.53. The largest absolute Gasteiger partial charge is 0.244 e. The minimum atomic E-state index is -3.55. The summed E-state index contributed by atoms with van der Waals surface area (Å²) in [6, 6.07) is 8.79. The molecule has 5 heteroatoms. The van der Waals surface area contributed by atoms with Gasteiger partial charge in [0.15, 0.2) is 0 Å². The van der Waals surface area contributed by atoms with E-state index in [1.807, 2.05) is 6.07 Å². The Hall–Kier alpha value is -1.38. The van der Waals surface area contributed by atoms with Crippen LogP contribution < -0.4 is 0 Å². The molecule has 0 spiro atoms. The van der Waals surface area contributed by atoms with E-state index in [0.717, 1.165) is 38.5 Å². The molecule has 2 saturated carbocycles. The molecule has 0 unspecified atom stereocenters. The molecule has 4 nitrogen and oxygen atoms in total. The van der Waals surface area contributed by atoms with Gasteiger partial charge in [0.2, 0.25) is 10.0 Å². The summed E-state index contributed by atoms with van der Waals surface area (Å²) in [4.78, 5) is 0.168. The van der Waals surface area contributed by atoms with E-state index in [4.69, 9.17) is 5.26 Å². The summed E-state index contributed by atoms with van der Waals surface area (Å²) >= 11 is 0. The Balaban J connectivity index is 2.02. The first-order valence-electron chi connectivity index (χ1n) is 7.17. The average molecular weight is 290 g/mol. The Bertz CT molecular complexity index is 638. The highest BCUT2D eigenvalue weighted by Gasteiger charge is 2.43. The molecule has 1 aromatic rings. The molecule has 2 aliphatic rings. The summed E-state index contributed by atoms with van der Waals surface area (Å²) in [7, 11) is -3.55. The van der Waals surface area contributed by atoms with Gasteiger partial charge in [-0.2, -0.15) is 9.57 Å². The Morgan fingerprint density at radius 1 is 1.05 bits per heavy atom. The van der Waals surface area contributed by atoms with Crippen molar-refractivity contribution >= 4 is 10.0 Å². The number of nitriles is 1. The number of rotatable bonds is 4. The summed E-state index contributed by atoms with van der Waals surface area (Å²) in [6.07, 6.45) is 6.00. The molecule has 0 amide bonds. The first kappa shape index (κ1) is 13.6. The molecule has 1 aromatic carbocycles. The van der Waals surface area contributed by atoms with Crippen molar-refractivity contribution in [3.05, 3.63) is 29.8 Å². The van der Waals surface area contributed by atoms with Crippen LogP contribution in [0.25, 0.3) is 0 Å².